The molecule has 150 valence electrons. The quantitative estimate of drug-likeness (QED) is 0.726. The number of carbonyl (C=O) groups is 2. The molecule has 2 rings (SSSR count). The van der Waals surface area contributed by atoms with E-state index >= 15 is 0 Å². The summed E-state index contributed by atoms with van der Waals surface area (Å²) in [6.07, 6.45) is 0. The summed E-state index contributed by atoms with van der Waals surface area (Å²) < 4.78 is 5.60. The molecule has 0 spiro atoms. The van der Waals surface area contributed by atoms with Gasteiger partial charge in [0, 0.05) is 17.6 Å². The van der Waals surface area contributed by atoms with E-state index in [9.17, 15) is 9.59 Å². The highest BCUT2D eigenvalue weighted by molar-refractivity contribution is 6.30. The van der Waals surface area contributed by atoms with Crippen molar-refractivity contribution < 1.29 is 14.3 Å². The molecule has 5 nitrogen and oxygen atoms in total. The summed E-state index contributed by atoms with van der Waals surface area (Å²) >= 11 is 5.87. The average Bonchev–Trinajstić information content (AvgIpc) is 2.65. The molecule has 28 heavy (non-hydrogen) atoms. The van der Waals surface area contributed by atoms with E-state index in [1.165, 1.54) is 0 Å². The molecule has 0 fully saturated rings. The van der Waals surface area contributed by atoms with Gasteiger partial charge < -0.3 is 15.0 Å². The standard InChI is InChI=1S/C22H27ClN2O3/c1-15(2)24-22(27)17(4)25(13-18-8-6-5-7-16(18)3)21(26)14-28-20-11-9-19(23)10-12-20/h5-12,15,17H,13-14H2,1-4H3,(H,24,27)/t17-/m0/s1. The minimum absolute atomic E-state index is 0.00400. The van der Waals surface area contributed by atoms with Crippen LogP contribution in [-0.2, 0) is 16.1 Å². The van der Waals surface area contributed by atoms with Crippen LogP contribution in [0.15, 0.2) is 48.5 Å². The minimum atomic E-state index is -0.622. The zero-order chi connectivity index (χ0) is 20.7. The number of rotatable bonds is 8. The molecule has 0 aromatic heterocycles. The van der Waals surface area contributed by atoms with Gasteiger partial charge in [-0.05, 0) is 63.1 Å². The molecule has 0 aliphatic heterocycles. The van der Waals surface area contributed by atoms with Crippen LogP contribution < -0.4 is 10.1 Å². The number of ether oxygens (including phenoxy) is 1. The lowest BCUT2D eigenvalue weighted by atomic mass is 10.1. The van der Waals surface area contributed by atoms with Crippen molar-refractivity contribution in [3.05, 3.63) is 64.7 Å². The number of aryl methyl sites for hydroxylation is 1. The fraction of sp³-hybridized carbons (Fsp3) is 0.364. The van der Waals surface area contributed by atoms with Crippen molar-refractivity contribution in [1.29, 1.82) is 0 Å². The first-order chi connectivity index (χ1) is 13.3. The van der Waals surface area contributed by atoms with Gasteiger partial charge >= 0.3 is 0 Å². The number of hydrogen-bond donors (Lipinski definition) is 1. The summed E-state index contributed by atoms with van der Waals surface area (Å²) in [5.74, 6) is 0.0981. The van der Waals surface area contributed by atoms with Crippen LogP contribution in [0.5, 0.6) is 5.75 Å². The monoisotopic (exact) mass is 402 g/mol. The average molecular weight is 403 g/mol. The van der Waals surface area contributed by atoms with Crippen molar-refractivity contribution in [2.45, 2.75) is 46.3 Å². The molecule has 0 radical (unpaired) electrons. The second kappa shape index (κ2) is 10.1. The van der Waals surface area contributed by atoms with Crippen molar-refractivity contribution in [3.63, 3.8) is 0 Å². The predicted molar refractivity (Wildman–Crippen MR) is 111 cm³/mol. The maximum absolute atomic E-state index is 12.9. The molecule has 0 aliphatic rings. The number of carbonyl (C=O) groups excluding carboxylic acids is 2. The molecule has 2 aromatic carbocycles. The van der Waals surface area contributed by atoms with E-state index in [4.69, 9.17) is 16.3 Å². The summed E-state index contributed by atoms with van der Waals surface area (Å²) in [5, 5.41) is 3.47. The minimum Gasteiger partial charge on any atom is -0.484 e. The molecule has 0 bridgehead atoms. The van der Waals surface area contributed by atoms with Crippen LogP contribution in [0.25, 0.3) is 0 Å². The fourth-order valence-corrected chi connectivity index (χ4v) is 2.84. The summed E-state index contributed by atoms with van der Waals surface area (Å²) in [5.41, 5.74) is 2.06. The van der Waals surface area contributed by atoms with Gasteiger partial charge in [0.1, 0.15) is 11.8 Å². The first kappa shape index (κ1) is 21.8. The zero-order valence-corrected chi connectivity index (χ0v) is 17.5. The number of nitrogens with zero attached hydrogens (tertiary/aromatic N) is 1. The van der Waals surface area contributed by atoms with Crippen LogP contribution in [0.1, 0.15) is 31.9 Å². The summed E-state index contributed by atoms with van der Waals surface area (Å²) in [6, 6.07) is 14.0. The Hall–Kier alpha value is -2.53. The molecule has 1 N–H and O–H groups in total. The van der Waals surface area contributed by atoms with Crippen LogP contribution in [-0.4, -0.2) is 35.4 Å². The Morgan fingerprint density at radius 1 is 1.07 bits per heavy atom. The SMILES string of the molecule is Cc1ccccc1CN(C(=O)COc1ccc(Cl)cc1)[C@@H](C)C(=O)NC(C)C. The van der Waals surface area contributed by atoms with Gasteiger partial charge in [0.15, 0.2) is 6.61 Å². The first-order valence-electron chi connectivity index (χ1n) is 9.30. The lowest BCUT2D eigenvalue weighted by Crippen LogP contribution is -2.50. The molecule has 0 saturated carbocycles. The molecule has 2 aromatic rings. The van der Waals surface area contributed by atoms with E-state index in [1.54, 1.807) is 36.1 Å². The van der Waals surface area contributed by atoms with Gasteiger partial charge in [-0.2, -0.15) is 0 Å². The normalized spacial score (nSPS) is 11.8. The third-order valence-corrected chi connectivity index (χ3v) is 4.63. The van der Waals surface area contributed by atoms with Gasteiger partial charge in [-0.25, -0.2) is 0 Å². The van der Waals surface area contributed by atoms with Crippen LogP contribution in [0.2, 0.25) is 5.02 Å². The highest BCUT2D eigenvalue weighted by Gasteiger charge is 2.27. The van der Waals surface area contributed by atoms with E-state index < -0.39 is 6.04 Å². The van der Waals surface area contributed by atoms with Gasteiger partial charge in [0.25, 0.3) is 5.91 Å². The lowest BCUT2D eigenvalue weighted by Gasteiger charge is -2.29. The Labute approximate surface area is 171 Å². The maximum Gasteiger partial charge on any atom is 0.261 e. The fourth-order valence-electron chi connectivity index (χ4n) is 2.72. The predicted octanol–water partition coefficient (Wildman–Crippen LogP) is 3.97. The van der Waals surface area contributed by atoms with Crippen LogP contribution in [0.4, 0.5) is 0 Å². The molecule has 6 heteroatoms. The van der Waals surface area contributed by atoms with Crippen LogP contribution in [0.3, 0.4) is 0 Å². The second-order valence-electron chi connectivity index (χ2n) is 7.03. The summed E-state index contributed by atoms with van der Waals surface area (Å²) in [7, 11) is 0. The molecule has 2 amide bonds. The van der Waals surface area contributed by atoms with E-state index in [2.05, 4.69) is 5.32 Å². The van der Waals surface area contributed by atoms with E-state index in [-0.39, 0.29) is 24.5 Å². The molecule has 1 atom stereocenters. The van der Waals surface area contributed by atoms with Crippen LogP contribution in [0, 0.1) is 6.92 Å². The Kier molecular flexibility index (Phi) is 7.88. The van der Waals surface area contributed by atoms with Crippen molar-refractivity contribution in [2.75, 3.05) is 6.61 Å². The zero-order valence-electron chi connectivity index (χ0n) is 16.7. The van der Waals surface area contributed by atoms with Crippen molar-refractivity contribution in [3.8, 4) is 5.75 Å². The van der Waals surface area contributed by atoms with Crippen molar-refractivity contribution in [1.82, 2.24) is 10.2 Å². The number of benzene rings is 2. The highest BCUT2D eigenvalue weighted by Crippen LogP contribution is 2.17. The second-order valence-corrected chi connectivity index (χ2v) is 7.47. The number of nitrogens with one attached hydrogen (secondary N) is 1. The number of amides is 2. The third kappa shape index (κ3) is 6.27. The Balaban J connectivity index is 2.15. The maximum atomic E-state index is 12.9. The molecule has 0 aliphatic carbocycles. The number of hydrogen-bond acceptors (Lipinski definition) is 3. The van der Waals surface area contributed by atoms with Gasteiger partial charge in [0.2, 0.25) is 5.91 Å². The van der Waals surface area contributed by atoms with Gasteiger partial charge in [0.05, 0.1) is 0 Å². The van der Waals surface area contributed by atoms with Gasteiger partial charge in [-0.15, -0.1) is 0 Å². The molecule has 0 unspecified atom stereocenters. The highest BCUT2D eigenvalue weighted by atomic mass is 35.5. The lowest BCUT2D eigenvalue weighted by molar-refractivity contribution is -0.142. The summed E-state index contributed by atoms with van der Waals surface area (Å²) in [6.45, 7) is 7.68. The van der Waals surface area contributed by atoms with E-state index in [0.717, 1.165) is 11.1 Å². The van der Waals surface area contributed by atoms with Gasteiger partial charge in [-0.3, -0.25) is 9.59 Å². The van der Waals surface area contributed by atoms with E-state index in [0.29, 0.717) is 17.3 Å². The summed E-state index contributed by atoms with van der Waals surface area (Å²) in [4.78, 5) is 27.0. The third-order valence-electron chi connectivity index (χ3n) is 4.38. The molecule has 0 heterocycles. The van der Waals surface area contributed by atoms with Crippen LogP contribution >= 0.6 is 11.6 Å². The first-order valence-corrected chi connectivity index (χ1v) is 9.68. The van der Waals surface area contributed by atoms with Crippen molar-refractivity contribution in [2.24, 2.45) is 0 Å². The van der Waals surface area contributed by atoms with E-state index in [1.807, 2.05) is 45.0 Å². The van der Waals surface area contributed by atoms with Gasteiger partial charge in [-0.1, -0.05) is 35.9 Å². The smallest absolute Gasteiger partial charge is 0.261 e. The Morgan fingerprint density at radius 2 is 1.71 bits per heavy atom. The Bertz CT molecular complexity index is 806. The van der Waals surface area contributed by atoms with Crippen molar-refractivity contribution >= 4 is 23.4 Å². The largest absolute Gasteiger partial charge is 0.484 e. The topological polar surface area (TPSA) is 58.6 Å². The molecule has 0 saturated heterocycles. The number of halogens is 1. The molecular weight excluding hydrogens is 376 g/mol. The Morgan fingerprint density at radius 3 is 2.32 bits per heavy atom. The molecular formula is C22H27ClN2O3.